The molecule has 0 radical (unpaired) electrons. The number of carboxylic acid groups (broad SMARTS) is 1. The van der Waals surface area contributed by atoms with Gasteiger partial charge < -0.3 is 10.1 Å². The van der Waals surface area contributed by atoms with Gasteiger partial charge in [-0.05, 0) is 18.4 Å². The van der Waals surface area contributed by atoms with E-state index in [1.54, 1.807) is 12.1 Å². The minimum atomic E-state index is -1.07. The number of carbonyl (C=O) groups is 1. The number of H-pyrrole nitrogens is 1. The van der Waals surface area contributed by atoms with E-state index >= 15 is 0 Å². The molecule has 0 atom stereocenters. The topological polar surface area (TPSA) is 66.0 Å². The molecular formula is C9H7ClN2O2S. The summed E-state index contributed by atoms with van der Waals surface area (Å²) < 4.78 is 0. The monoisotopic (exact) mass is 242 g/mol. The van der Waals surface area contributed by atoms with Gasteiger partial charge in [-0.3, -0.25) is 0 Å². The highest BCUT2D eigenvalue weighted by Crippen LogP contribution is 2.26. The average Bonchev–Trinajstić information content (AvgIpc) is 2.59. The zero-order chi connectivity index (χ0) is 11.0. The van der Waals surface area contributed by atoms with Gasteiger partial charge in [0.25, 0.3) is 0 Å². The standard InChI is InChI=1S/C9H7ClN2O2S/c1-15-9-11-5-3-2-4(10)6(8(13)14)7(5)12-9/h2-3H,1H3,(H,11,12)(H,13,14). The number of aromatic nitrogens is 2. The van der Waals surface area contributed by atoms with Gasteiger partial charge in [0.15, 0.2) is 5.16 Å². The number of halogens is 1. The second-order valence-corrected chi connectivity index (χ2v) is 4.07. The van der Waals surface area contributed by atoms with Gasteiger partial charge in [0, 0.05) is 0 Å². The minimum absolute atomic E-state index is 0.0470. The Balaban J connectivity index is 2.80. The number of imidazole rings is 1. The van der Waals surface area contributed by atoms with Crippen molar-refractivity contribution in [2.24, 2.45) is 0 Å². The SMILES string of the molecule is CSc1nc2c(C(=O)O)c(Cl)ccc2[nH]1. The lowest BCUT2D eigenvalue weighted by atomic mass is 10.2. The van der Waals surface area contributed by atoms with Crippen molar-refractivity contribution in [3.05, 3.63) is 22.7 Å². The number of hydrogen-bond acceptors (Lipinski definition) is 3. The quantitative estimate of drug-likeness (QED) is 0.795. The third kappa shape index (κ3) is 1.68. The summed E-state index contributed by atoms with van der Waals surface area (Å²) in [7, 11) is 0. The van der Waals surface area contributed by atoms with Crippen LogP contribution >= 0.6 is 23.4 Å². The Kier molecular flexibility index (Phi) is 2.58. The van der Waals surface area contributed by atoms with E-state index < -0.39 is 5.97 Å². The lowest BCUT2D eigenvalue weighted by Gasteiger charge is -1.98. The molecule has 1 heterocycles. The van der Waals surface area contributed by atoms with E-state index in [4.69, 9.17) is 16.7 Å². The van der Waals surface area contributed by atoms with E-state index in [0.29, 0.717) is 16.2 Å². The van der Waals surface area contributed by atoms with Crippen LogP contribution in [-0.4, -0.2) is 27.3 Å². The zero-order valence-electron chi connectivity index (χ0n) is 7.74. The average molecular weight is 243 g/mol. The van der Waals surface area contributed by atoms with Crippen molar-refractivity contribution in [2.75, 3.05) is 6.26 Å². The van der Waals surface area contributed by atoms with Crippen LogP contribution < -0.4 is 0 Å². The Bertz CT molecular complexity index is 538. The molecule has 6 heteroatoms. The van der Waals surface area contributed by atoms with E-state index in [0.717, 1.165) is 0 Å². The fraction of sp³-hybridized carbons (Fsp3) is 0.111. The van der Waals surface area contributed by atoms with Gasteiger partial charge >= 0.3 is 5.97 Å². The third-order valence-corrected chi connectivity index (χ3v) is 2.88. The molecule has 0 aliphatic carbocycles. The highest BCUT2D eigenvalue weighted by Gasteiger charge is 2.16. The Hall–Kier alpha value is -1.20. The van der Waals surface area contributed by atoms with Crippen LogP contribution in [0, 0.1) is 0 Å². The molecule has 0 spiro atoms. The summed E-state index contributed by atoms with van der Waals surface area (Å²) in [5.74, 6) is -1.07. The fourth-order valence-electron chi connectivity index (χ4n) is 1.33. The third-order valence-electron chi connectivity index (χ3n) is 1.99. The summed E-state index contributed by atoms with van der Waals surface area (Å²) >= 11 is 7.23. The summed E-state index contributed by atoms with van der Waals surface area (Å²) in [6, 6.07) is 3.27. The molecule has 4 nitrogen and oxygen atoms in total. The van der Waals surface area contributed by atoms with Crippen LogP contribution in [0.3, 0.4) is 0 Å². The van der Waals surface area contributed by atoms with Crippen molar-refractivity contribution in [1.82, 2.24) is 9.97 Å². The van der Waals surface area contributed by atoms with Gasteiger partial charge in [0.1, 0.15) is 11.1 Å². The fourth-order valence-corrected chi connectivity index (χ4v) is 1.96. The molecule has 15 heavy (non-hydrogen) atoms. The summed E-state index contributed by atoms with van der Waals surface area (Å²) in [5.41, 5.74) is 1.13. The number of aromatic amines is 1. The lowest BCUT2D eigenvalue weighted by molar-refractivity contribution is 0.0699. The molecule has 0 unspecified atom stereocenters. The van der Waals surface area contributed by atoms with Gasteiger partial charge in [-0.1, -0.05) is 23.4 Å². The zero-order valence-corrected chi connectivity index (χ0v) is 9.32. The van der Waals surface area contributed by atoms with Crippen molar-refractivity contribution in [3.8, 4) is 0 Å². The molecule has 0 fully saturated rings. The van der Waals surface area contributed by atoms with Gasteiger partial charge in [-0.25, -0.2) is 9.78 Å². The summed E-state index contributed by atoms with van der Waals surface area (Å²) in [6.45, 7) is 0. The molecule has 1 aromatic heterocycles. The molecule has 0 bridgehead atoms. The van der Waals surface area contributed by atoms with E-state index in [-0.39, 0.29) is 10.6 Å². The number of aromatic carboxylic acids is 1. The molecule has 2 N–H and O–H groups in total. The highest BCUT2D eigenvalue weighted by atomic mass is 35.5. The first-order chi connectivity index (χ1) is 7.13. The van der Waals surface area contributed by atoms with Crippen molar-refractivity contribution >= 4 is 40.4 Å². The first-order valence-corrected chi connectivity index (χ1v) is 5.69. The highest BCUT2D eigenvalue weighted by molar-refractivity contribution is 7.98. The van der Waals surface area contributed by atoms with E-state index in [1.165, 1.54) is 11.8 Å². The van der Waals surface area contributed by atoms with Gasteiger partial charge in [-0.2, -0.15) is 0 Å². The number of nitrogens with one attached hydrogen (secondary N) is 1. The van der Waals surface area contributed by atoms with Crippen LogP contribution in [0.5, 0.6) is 0 Å². The number of nitrogens with zero attached hydrogens (tertiary/aromatic N) is 1. The van der Waals surface area contributed by atoms with E-state index in [9.17, 15) is 4.79 Å². The number of fused-ring (bicyclic) bond motifs is 1. The number of carboxylic acids is 1. The maximum atomic E-state index is 11.0. The molecule has 0 saturated carbocycles. The van der Waals surface area contributed by atoms with Crippen LogP contribution in [0.2, 0.25) is 5.02 Å². The second kappa shape index (κ2) is 3.75. The van der Waals surface area contributed by atoms with Crippen molar-refractivity contribution < 1.29 is 9.90 Å². The molecule has 0 amide bonds. The normalized spacial score (nSPS) is 10.8. The van der Waals surface area contributed by atoms with Crippen molar-refractivity contribution in [3.63, 3.8) is 0 Å². The molecular weight excluding hydrogens is 236 g/mol. The van der Waals surface area contributed by atoms with Crippen LogP contribution in [0.15, 0.2) is 17.3 Å². The number of rotatable bonds is 2. The number of benzene rings is 1. The largest absolute Gasteiger partial charge is 0.478 e. The summed E-state index contributed by atoms with van der Waals surface area (Å²) in [6.07, 6.45) is 1.86. The molecule has 78 valence electrons. The molecule has 1 aromatic carbocycles. The summed E-state index contributed by atoms with van der Waals surface area (Å²) in [5, 5.41) is 9.88. The Morgan fingerprint density at radius 1 is 1.60 bits per heavy atom. The van der Waals surface area contributed by atoms with Gasteiger partial charge in [-0.15, -0.1) is 0 Å². The molecule has 2 rings (SSSR count). The maximum Gasteiger partial charge on any atom is 0.339 e. The van der Waals surface area contributed by atoms with Gasteiger partial charge in [0.05, 0.1) is 10.5 Å². The van der Waals surface area contributed by atoms with Crippen LogP contribution in [-0.2, 0) is 0 Å². The van der Waals surface area contributed by atoms with Crippen molar-refractivity contribution in [2.45, 2.75) is 5.16 Å². The van der Waals surface area contributed by atoms with Crippen LogP contribution in [0.4, 0.5) is 0 Å². The molecule has 2 aromatic rings. The molecule has 0 saturated heterocycles. The van der Waals surface area contributed by atoms with Crippen molar-refractivity contribution in [1.29, 1.82) is 0 Å². The summed E-state index contributed by atoms with van der Waals surface area (Å²) in [4.78, 5) is 18.1. The number of hydrogen-bond donors (Lipinski definition) is 2. The Morgan fingerprint density at radius 2 is 2.33 bits per heavy atom. The predicted octanol–water partition coefficient (Wildman–Crippen LogP) is 2.64. The second-order valence-electron chi connectivity index (χ2n) is 2.87. The minimum Gasteiger partial charge on any atom is -0.478 e. The Morgan fingerprint density at radius 3 is 2.93 bits per heavy atom. The van der Waals surface area contributed by atoms with E-state index in [2.05, 4.69) is 9.97 Å². The molecule has 0 aliphatic heterocycles. The Labute approximate surface area is 94.7 Å². The lowest BCUT2D eigenvalue weighted by Crippen LogP contribution is -1.98. The molecule has 0 aliphatic rings. The van der Waals surface area contributed by atoms with Crippen LogP contribution in [0.25, 0.3) is 11.0 Å². The maximum absolute atomic E-state index is 11.0. The van der Waals surface area contributed by atoms with Crippen LogP contribution in [0.1, 0.15) is 10.4 Å². The first-order valence-electron chi connectivity index (χ1n) is 4.09. The predicted molar refractivity (Wildman–Crippen MR) is 59.8 cm³/mol. The van der Waals surface area contributed by atoms with E-state index in [1.807, 2.05) is 6.26 Å². The number of thioether (sulfide) groups is 1. The smallest absolute Gasteiger partial charge is 0.339 e. The van der Waals surface area contributed by atoms with Gasteiger partial charge in [0.2, 0.25) is 0 Å². The first kappa shape index (κ1) is 10.3.